The van der Waals surface area contributed by atoms with E-state index in [4.69, 9.17) is 9.47 Å². The summed E-state index contributed by atoms with van der Waals surface area (Å²) in [6.07, 6.45) is 1.81. The Morgan fingerprint density at radius 1 is 1.17 bits per heavy atom. The number of amides is 2. The second kappa shape index (κ2) is 7.75. The number of nitro groups is 1. The van der Waals surface area contributed by atoms with Gasteiger partial charge in [-0.1, -0.05) is 6.07 Å². The lowest BCUT2D eigenvalue weighted by atomic mass is 10.0. The molecule has 2 atom stereocenters. The summed E-state index contributed by atoms with van der Waals surface area (Å²) in [5, 5.41) is 11.3. The molecule has 9 nitrogen and oxygen atoms in total. The van der Waals surface area contributed by atoms with Crippen LogP contribution < -0.4 is 14.4 Å². The van der Waals surface area contributed by atoms with Crippen molar-refractivity contribution in [3.05, 3.63) is 63.2 Å². The molecule has 0 spiro atoms. The number of ether oxygens (including phenoxy) is 2. The topological polar surface area (TPSA) is 103 Å². The van der Waals surface area contributed by atoms with Crippen LogP contribution >= 0.6 is 0 Å². The minimum Gasteiger partial charge on any atom is -0.497 e. The number of hydrogen-bond acceptors (Lipinski definition) is 6. The van der Waals surface area contributed by atoms with Crippen molar-refractivity contribution in [2.24, 2.45) is 0 Å². The summed E-state index contributed by atoms with van der Waals surface area (Å²) in [5.41, 5.74) is 0.614. The van der Waals surface area contributed by atoms with E-state index >= 15 is 0 Å². The summed E-state index contributed by atoms with van der Waals surface area (Å²) < 4.78 is 10.8. The van der Waals surface area contributed by atoms with Gasteiger partial charge in [-0.3, -0.25) is 19.7 Å². The second-order valence-electron chi connectivity index (χ2n) is 7.36. The van der Waals surface area contributed by atoms with Gasteiger partial charge >= 0.3 is 0 Å². The molecule has 0 aromatic heterocycles. The molecule has 156 valence electrons. The monoisotopic (exact) mass is 412 g/mol. The first kappa shape index (κ1) is 19.8. The standard InChI is InChI=1S/C21H21N3O6/c1-29-13-8-9-14(18(11-13)30-2)16-7-4-10-22(16)12-23-20(25)15-5-3-6-17(24(27)28)19(15)21(23)26/h3,5-6,8-9,11,16H,4,7,10,12H2,1-2H3/p+1/t16-/m1/s1. The van der Waals surface area contributed by atoms with Crippen LogP contribution in [0.25, 0.3) is 0 Å². The molecule has 4 rings (SSSR count). The van der Waals surface area contributed by atoms with Crippen LogP contribution in [-0.4, -0.2) is 49.1 Å². The van der Waals surface area contributed by atoms with Gasteiger partial charge in [-0.2, -0.15) is 0 Å². The first-order valence-corrected chi connectivity index (χ1v) is 9.66. The highest BCUT2D eigenvalue weighted by Gasteiger charge is 2.44. The van der Waals surface area contributed by atoms with Crippen molar-refractivity contribution in [2.75, 3.05) is 27.4 Å². The predicted octanol–water partition coefficient (Wildman–Crippen LogP) is 1.59. The summed E-state index contributed by atoms with van der Waals surface area (Å²) >= 11 is 0. The minimum atomic E-state index is -0.624. The summed E-state index contributed by atoms with van der Waals surface area (Å²) in [5.74, 6) is 0.278. The van der Waals surface area contributed by atoms with Gasteiger partial charge in [0, 0.05) is 25.0 Å². The van der Waals surface area contributed by atoms with Crippen molar-refractivity contribution in [1.29, 1.82) is 0 Å². The maximum atomic E-state index is 12.9. The fourth-order valence-corrected chi connectivity index (χ4v) is 4.40. The van der Waals surface area contributed by atoms with Crippen molar-refractivity contribution in [3.63, 3.8) is 0 Å². The quantitative estimate of drug-likeness (QED) is 0.439. The first-order valence-electron chi connectivity index (χ1n) is 9.66. The third-order valence-electron chi connectivity index (χ3n) is 5.83. The Hall–Kier alpha value is -3.46. The molecule has 2 heterocycles. The van der Waals surface area contributed by atoms with Crippen LogP contribution in [0, 0.1) is 10.1 Å². The molecule has 2 aliphatic heterocycles. The summed E-state index contributed by atoms with van der Waals surface area (Å²) in [4.78, 5) is 38.6. The Morgan fingerprint density at radius 3 is 2.67 bits per heavy atom. The smallest absolute Gasteiger partial charge is 0.282 e. The maximum Gasteiger partial charge on any atom is 0.282 e. The molecule has 2 aromatic rings. The summed E-state index contributed by atoms with van der Waals surface area (Å²) in [6, 6.07) is 9.80. The van der Waals surface area contributed by atoms with E-state index in [9.17, 15) is 19.7 Å². The Morgan fingerprint density at radius 2 is 1.97 bits per heavy atom. The molecule has 1 N–H and O–H groups in total. The van der Waals surface area contributed by atoms with Crippen LogP contribution in [0.4, 0.5) is 5.69 Å². The van der Waals surface area contributed by atoms with Gasteiger partial charge in [-0.25, -0.2) is 4.90 Å². The largest absolute Gasteiger partial charge is 0.497 e. The van der Waals surface area contributed by atoms with E-state index in [1.54, 1.807) is 14.2 Å². The van der Waals surface area contributed by atoms with Crippen LogP contribution in [-0.2, 0) is 0 Å². The molecule has 0 radical (unpaired) electrons. The van der Waals surface area contributed by atoms with E-state index in [0.29, 0.717) is 11.5 Å². The number of nitrogens with one attached hydrogen (secondary N) is 1. The molecule has 2 amide bonds. The number of carbonyl (C=O) groups is 2. The lowest BCUT2D eigenvalue weighted by Crippen LogP contribution is -3.12. The number of nitrogens with zero attached hydrogens (tertiary/aromatic N) is 2. The van der Waals surface area contributed by atoms with Gasteiger partial charge in [0.25, 0.3) is 17.5 Å². The average molecular weight is 412 g/mol. The van der Waals surface area contributed by atoms with Crippen molar-refractivity contribution in [1.82, 2.24) is 4.90 Å². The van der Waals surface area contributed by atoms with Crippen LogP contribution in [0.1, 0.15) is 45.2 Å². The molecule has 9 heteroatoms. The lowest BCUT2D eigenvalue weighted by Gasteiger charge is -2.26. The number of rotatable bonds is 6. The molecule has 1 fully saturated rings. The second-order valence-corrected chi connectivity index (χ2v) is 7.36. The van der Waals surface area contributed by atoms with E-state index in [1.165, 1.54) is 18.2 Å². The van der Waals surface area contributed by atoms with Gasteiger partial charge in [0.1, 0.15) is 23.1 Å². The van der Waals surface area contributed by atoms with Crippen LogP contribution in [0.2, 0.25) is 0 Å². The first-order chi connectivity index (χ1) is 14.5. The van der Waals surface area contributed by atoms with Crippen LogP contribution in [0.5, 0.6) is 11.5 Å². The van der Waals surface area contributed by atoms with Crippen molar-refractivity contribution >= 4 is 17.5 Å². The van der Waals surface area contributed by atoms with E-state index in [-0.39, 0.29) is 29.5 Å². The number of methoxy groups -OCH3 is 2. The predicted molar refractivity (Wildman–Crippen MR) is 106 cm³/mol. The van der Waals surface area contributed by atoms with Crippen LogP contribution in [0.15, 0.2) is 36.4 Å². The highest BCUT2D eigenvalue weighted by Crippen LogP contribution is 2.33. The van der Waals surface area contributed by atoms with E-state index in [0.717, 1.165) is 34.7 Å². The molecule has 0 bridgehead atoms. The number of benzene rings is 2. The van der Waals surface area contributed by atoms with Gasteiger partial charge < -0.3 is 14.4 Å². The van der Waals surface area contributed by atoms with Crippen molar-refractivity contribution in [3.8, 4) is 11.5 Å². The minimum absolute atomic E-state index is 0.0326. The fourth-order valence-electron chi connectivity index (χ4n) is 4.40. The highest BCUT2D eigenvalue weighted by molar-refractivity contribution is 6.23. The fraction of sp³-hybridized carbons (Fsp3) is 0.333. The van der Waals surface area contributed by atoms with Gasteiger partial charge in [-0.05, 0) is 18.2 Å². The highest BCUT2D eigenvalue weighted by atomic mass is 16.6. The molecule has 0 saturated carbocycles. The third kappa shape index (κ3) is 3.17. The molecule has 1 unspecified atom stereocenters. The number of carbonyl (C=O) groups excluding carboxylic acids is 2. The molecule has 30 heavy (non-hydrogen) atoms. The number of fused-ring (bicyclic) bond motifs is 1. The van der Waals surface area contributed by atoms with Gasteiger partial charge in [-0.15, -0.1) is 0 Å². The van der Waals surface area contributed by atoms with Crippen molar-refractivity contribution < 1.29 is 28.9 Å². The Labute approximate surface area is 172 Å². The molecule has 2 aromatic carbocycles. The van der Waals surface area contributed by atoms with E-state index < -0.39 is 16.7 Å². The van der Waals surface area contributed by atoms with Gasteiger partial charge in [0.15, 0.2) is 6.67 Å². The number of hydrogen-bond donors (Lipinski definition) is 1. The Kier molecular flexibility index (Phi) is 5.13. The number of imide groups is 1. The zero-order valence-corrected chi connectivity index (χ0v) is 16.7. The average Bonchev–Trinajstić information content (AvgIpc) is 3.31. The van der Waals surface area contributed by atoms with E-state index in [2.05, 4.69) is 0 Å². The number of nitro benzene ring substituents is 1. The normalized spacial score (nSPS) is 20.4. The zero-order chi connectivity index (χ0) is 21.4. The SMILES string of the molecule is COc1ccc([C@H]2CCC[NH+]2CN2C(=O)c3cccc([N+](=O)[O-])c3C2=O)c(OC)c1. The Balaban J connectivity index is 1.62. The van der Waals surface area contributed by atoms with Crippen LogP contribution in [0.3, 0.4) is 0 Å². The number of likely N-dealkylation sites (tertiary alicyclic amines) is 1. The molecule has 1 saturated heterocycles. The third-order valence-corrected chi connectivity index (χ3v) is 5.83. The maximum absolute atomic E-state index is 12.9. The summed E-state index contributed by atoms with van der Waals surface area (Å²) in [6.45, 7) is 0.915. The van der Waals surface area contributed by atoms with Crippen molar-refractivity contribution in [2.45, 2.75) is 18.9 Å². The summed E-state index contributed by atoms with van der Waals surface area (Å²) in [7, 11) is 3.18. The van der Waals surface area contributed by atoms with Gasteiger partial charge in [0.2, 0.25) is 0 Å². The molecule has 0 aliphatic carbocycles. The molecule has 2 aliphatic rings. The Bertz CT molecular complexity index is 1040. The van der Waals surface area contributed by atoms with E-state index in [1.807, 2.05) is 18.2 Å². The zero-order valence-electron chi connectivity index (χ0n) is 16.7. The molecular weight excluding hydrogens is 390 g/mol. The molecular formula is C21H22N3O6+. The lowest BCUT2D eigenvalue weighted by molar-refractivity contribution is -0.925. The van der Waals surface area contributed by atoms with Gasteiger partial charge in [0.05, 0.1) is 36.8 Å². The number of quaternary nitrogens is 1.